The summed E-state index contributed by atoms with van der Waals surface area (Å²) in [5.41, 5.74) is -0.384. The fourth-order valence-corrected chi connectivity index (χ4v) is 2.29. The van der Waals surface area contributed by atoms with Crippen molar-refractivity contribution in [2.24, 2.45) is 9.98 Å². The third kappa shape index (κ3) is 8.09. The molecule has 170 valence electrons. The van der Waals surface area contributed by atoms with Crippen molar-refractivity contribution in [3.8, 4) is 23.0 Å². The molecule has 0 bridgehead atoms. The maximum absolute atomic E-state index is 12.0. The van der Waals surface area contributed by atoms with Gasteiger partial charge in [-0.25, -0.2) is 0 Å². The number of hydrogen-bond donors (Lipinski definition) is 0. The molecule has 7 nitrogen and oxygen atoms in total. The summed E-state index contributed by atoms with van der Waals surface area (Å²) in [5, 5.41) is 32.5. The molecule has 0 aliphatic carbocycles. The Bertz CT molecular complexity index is 912. The standard InChI is InChI=1S/C22H28N2O4.CNS.Mn/c1-21(2,23-13-15-11-17(27-5)7-9-19(15)25)22(3,4)24-14-16-12-18(28-6)8-10-20(16)26;2-1-3;/h7-14,25-26H,1-6H3;;/q;-1;+3/p-2. The van der Waals surface area contributed by atoms with E-state index in [4.69, 9.17) is 14.9 Å². The number of hydrogen-bond acceptors (Lipinski definition) is 7. The summed E-state index contributed by atoms with van der Waals surface area (Å²) in [6.07, 6.45) is 3.10. The Kier molecular flexibility index (Phi) is 11.9. The third-order valence-electron chi connectivity index (χ3n) is 4.98. The molecule has 0 unspecified atom stereocenters. The molecule has 9 heteroatoms. The zero-order valence-electron chi connectivity index (χ0n) is 18.9. The SMILES string of the molecule is COc1ccc([O-])c(C=NC(C)(C)C(C)(C)N=Cc2cc(OC)ccc2[O-])c1.[Mn+3].[N-]=C=S. The summed E-state index contributed by atoms with van der Waals surface area (Å²) in [5.74, 6) is 0.928. The molecule has 0 aromatic heterocycles. The molecule has 0 spiro atoms. The minimum absolute atomic E-state index is 0. The Morgan fingerprint density at radius 1 is 0.844 bits per heavy atom. The first-order valence-corrected chi connectivity index (χ1v) is 9.74. The maximum Gasteiger partial charge on any atom is 3.00 e. The van der Waals surface area contributed by atoms with E-state index in [9.17, 15) is 10.2 Å². The van der Waals surface area contributed by atoms with Crippen LogP contribution in [0.4, 0.5) is 0 Å². The number of benzene rings is 2. The topological polar surface area (TPSA) is 112 Å². The van der Waals surface area contributed by atoms with Crippen molar-refractivity contribution >= 4 is 29.8 Å². The van der Waals surface area contributed by atoms with Crippen LogP contribution in [0.1, 0.15) is 38.8 Å². The van der Waals surface area contributed by atoms with Crippen molar-refractivity contribution in [2.45, 2.75) is 38.8 Å². The van der Waals surface area contributed by atoms with Crippen molar-refractivity contribution in [3.05, 3.63) is 52.9 Å². The van der Waals surface area contributed by atoms with E-state index in [-0.39, 0.29) is 28.6 Å². The van der Waals surface area contributed by atoms with Crippen LogP contribution in [0.5, 0.6) is 23.0 Å². The zero-order chi connectivity index (χ0) is 23.7. The van der Waals surface area contributed by atoms with E-state index in [1.807, 2.05) is 27.7 Å². The molecule has 32 heavy (non-hydrogen) atoms. The van der Waals surface area contributed by atoms with Gasteiger partial charge in [-0.2, -0.15) is 5.16 Å². The van der Waals surface area contributed by atoms with Crippen LogP contribution in [-0.4, -0.2) is 42.9 Å². The van der Waals surface area contributed by atoms with Gasteiger partial charge in [-0.1, -0.05) is 35.8 Å². The van der Waals surface area contributed by atoms with Crippen LogP contribution in [0, 0.1) is 0 Å². The van der Waals surface area contributed by atoms with Gasteiger partial charge in [-0.05, 0) is 63.1 Å². The second-order valence-corrected chi connectivity index (χ2v) is 7.72. The molecule has 0 saturated carbocycles. The average molecular weight is 495 g/mol. The summed E-state index contributed by atoms with van der Waals surface area (Å²) in [4.78, 5) is 9.21. The molecule has 0 heterocycles. The first-order valence-electron chi connectivity index (χ1n) is 9.33. The van der Waals surface area contributed by atoms with E-state index < -0.39 is 11.1 Å². The molecule has 0 N–H and O–H groups in total. The molecule has 0 fully saturated rings. The Morgan fingerprint density at radius 3 is 1.44 bits per heavy atom. The molecule has 0 amide bonds. The summed E-state index contributed by atoms with van der Waals surface area (Å²) >= 11 is 3.70. The zero-order valence-corrected chi connectivity index (χ0v) is 20.9. The molecule has 0 aliphatic heterocycles. The van der Waals surface area contributed by atoms with Gasteiger partial charge in [0.1, 0.15) is 11.5 Å². The quantitative estimate of drug-likeness (QED) is 0.331. The molecule has 2 aromatic rings. The van der Waals surface area contributed by atoms with Gasteiger partial charge in [0, 0.05) is 12.4 Å². The number of thiocarbonyl (C=S) groups is 1. The van der Waals surface area contributed by atoms with Crippen molar-refractivity contribution in [2.75, 3.05) is 14.2 Å². The predicted octanol–water partition coefficient (Wildman–Crippen LogP) is 3.60. The summed E-state index contributed by atoms with van der Waals surface area (Å²) < 4.78 is 10.3. The van der Waals surface area contributed by atoms with Crippen molar-refractivity contribution in [1.82, 2.24) is 0 Å². The third-order valence-corrected chi connectivity index (χ3v) is 4.98. The number of aliphatic imine (C=N–C) groups is 2. The van der Waals surface area contributed by atoms with Gasteiger partial charge >= 0.3 is 17.1 Å². The number of methoxy groups -OCH3 is 2. The molecule has 0 saturated heterocycles. The molecule has 0 atom stereocenters. The largest absolute Gasteiger partial charge is 3.00 e. The minimum atomic E-state index is -0.638. The predicted molar refractivity (Wildman–Crippen MR) is 124 cm³/mol. The van der Waals surface area contributed by atoms with Gasteiger partial charge in [0.25, 0.3) is 0 Å². The number of isothiocyanates is 1. The van der Waals surface area contributed by atoms with Gasteiger partial charge in [0.05, 0.1) is 25.3 Å². The second kappa shape index (κ2) is 13.0. The van der Waals surface area contributed by atoms with Gasteiger partial charge < -0.3 is 25.1 Å². The molecular formula is C23H26MnN3O4S. The van der Waals surface area contributed by atoms with Crippen LogP contribution in [0.2, 0.25) is 0 Å². The second-order valence-electron chi connectivity index (χ2n) is 7.53. The van der Waals surface area contributed by atoms with Crippen LogP contribution >= 0.6 is 12.2 Å². The van der Waals surface area contributed by atoms with Crippen LogP contribution in [0.3, 0.4) is 0 Å². The number of ether oxygens (including phenoxy) is 2. The normalized spacial score (nSPS) is 11.3. The molecule has 0 aliphatic rings. The van der Waals surface area contributed by atoms with E-state index in [2.05, 4.69) is 22.2 Å². The fourth-order valence-electron chi connectivity index (χ4n) is 2.29. The Hall–Kier alpha value is -2.70. The first kappa shape index (κ1) is 29.3. The van der Waals surface area contributed by atoms with Crippen molar-refractivity contribution in [3.63, 3.8) is 0 Å². The summed E-state index contributed by atoms with van der Waals surface area (Å²) in [6, 6.07) is 9.45. The average Bonchev–Trinajstić information content (AvgIpc) is 2.73. The smallest absolute Gasteiger partial charge is 0.872 e. The maximum atomic E-state index is 12.0. The fraction of sp³-hybridized carbons (Fsp3) is 0.348. The molecule has 2 aromatic carbocycles. The Balaban J connectivity index is 0.00000227. The van der Waals surface area contributed by atoms with E-state index >= 15 is 0 Å². The van der Waals surface area contributed by atoms with E-state index in [0.717, 1.165) is 0 Å². The van der Waals surface area contributed by atoms with Gasteiger partial charge in [-0.3, -0.25) is 9.98 Å². The summed E-state index contributed by atoms with van der Waals surface area (Å²) in [6.45, 7) is 7.70. The van der Waals surface area contributed by atoms with E-state index in [1.54, 1.807) is 50.9 Å². The first-order chi connectivity index (χ1) is 14.5. The molecule has 0 radical (unpaired) electrons. The number of nitrogens with zero attached hydrogens (tertiary/aromatic N) is 3. The van der Waals surface area contributed by atoms with Crippen LogP contribution in [0.15, 0.2) is 46.4 Å². The van der Waals surface area contributed by atoms with Gasteiger partial charge in [0.2, 0.25) is 0 Å². The number of rotatable bonds is 7. The van der Waals surface area contributed by atoms with E-state index in [1.165, 1.54) is 17.3 Å². The van der Waals surface area contributed by atoms with Crippen LogP contribution in [0.25, 0.3) is 5.41 Å². The minimum Gasteiger partial charge on any atom is -0.872 e. The van der Waals surface area contributed by atoms with Crippen molar-refractivity contribution in [1.29, 1.82) is 0 Å². The van der Waals surface area contributed by atoms with Crippen LogP contribution in [-0.2, 0) is 17.1 Å². The van der Waals surface area contributed by atoms with Crippen LogP contribution < -0.4 is 19.7 Å². The van der Waals surface area contributed by atoms with Crippen molar-refractivity contribution < 1.29 is 36.8 Å². The molecule has 2 rings (SSSR count). The van der Waals surface area contributed by atoms with Gasteiger partial charge in [0.15, 0.2) is 0 Å². The van der Waals surface area contributed by atoms with Gasteiger partial charge in [-0.15, -0.1) is 0 Å². The molecular weight excluding hydrogens is 469 g/mol. The Morgan fingerprint density at radius 2 is 1.16 bits per heavy atom. The van der Waals surface area contributed by atoms with E-state index in [0.29, 0.717) is 22.6 Å². The Labute approximate surface area is 205 Å². The monoisotopic (exact) mass is 495 g/mol. The summed E-state index contributed by atoms with van der Waals surface area (Å²) in [7, 11) is 3.09.